The Morgan fingerprint density at radius 2 is 1.84 bits per heavy atom. The smallest absolute Gasteiger partial charge is 0.211 e. The summed E-state index contributed by atoms with van der Waals surface area (Å²) in [5, 5.41) is 9.76. The van der Waals surface area contributed by atoms with Crippen LogP contribution < -0.4 is 5.43 Å². The Bertz CT molecular complexity index is 1320. The maximum absolute atomic E-state index is 13.3. The van der Waals surface area contributed by atoms with Crippen LogP contribution in [0.25, 0.3) is 16.0 Å². The molecule has 0 fully saturated rings. The molecule has 0 N–H and O–H groups in total. The molecule has 0 radical (unpaired) electrons. The highest BCUT2D eigenvalue weighted by molar-refractivity contribution is 7.99. The van der Waals surface area contributed by atoms with Crippen LogP contribution in [0, 0.1) is 11.3 Å². The van der Waals surface area contributed by atoms with Crippen LogP contribution in [0.5, 0.6) is 0 Å². The lowest BCUT2D eigenvalue weighted by atomic mass is 10.1. The topological polar surface area (TPSA) is 61.9 Å². The molecular weight excluding hydrogens is 424 g/mol. The molecule has 0 saturated heterocycles. The number of fused-ring (bicyclic) bond motifs is 2. The van der Waals surface area contributed by atoms with E-state index in [1.807, 2.05) is 41.0 Å². The Labute approximate surface area is 188 Å². The number of rotatable bonds is 5. The van der Waals surface area contributed by atoms with E-state index in [1.165, 1.54) is 17.3 Å². The van der Waals surface area contributed by atoms with Gasteiger partial charge in [0, 0.05) is 35.8 Å². The maximum atomic E-state index is 13.3. The highest BCUT2D eigenvalue weighted by Gasteiger charge is 2.25. The molecule has 2 aromatic carbocycles. The van der Waals surface area contributed by atoms with Crippen molar-refractivity contribution in [3.63, 3.8) is 0 Å². The second kappa shape index (κ2) is 8.67. The molecule has 0 saturated carbocycles. The van der Waals surface area contributed by atoms with E-state index in [9.17, 15) is 4.79 Å². The van der Waals surface area contributed by atoms with Crippen molar-refractivity contribution >= 4 is 33.4 Å². The normalized spacial score (nSPS) is 13.8. The second-order valence-corrected chi connectivity index (χ2v) is 9.47. The molecule has 0 aliphatic carbocycles. The van der Waals surface area contributed by atoms with Crippen molar-refractivity contribution in [1.82, 2.24) is 14.5 Å². The molecular formula is C24H20N4OS2. The molecule has 0 atom stereocenters. The molecule has 5 rings (SSSR count). The molecule has 0 spiro atoms. The molecule has 0 unspecified atom stereocenters. The summed E-state index contributed by atoms with van der Waals surface area (Å²) in [5.74, 6) is 0.291. The minimum atomic E-state index is 0.0385. The van der Waals surface area contributed by atoms with E-state index < -0.39 is 0 Å². The lowest BCUT2D eigenvalue weighted by Crippen LogP contribution is -2.32. The summed E-state index contributed by atoms with van der Waals surface area (Å²) < 4.78 is 2.03. The summed E-state index contributed by atoms with van der Waals surface area (Å²) in [6.45, 7) is 2.51. The highest BCUT2D eigenvalue weighted by atomic mass is 32.2. The van der Waals surface area contributed by atoms with Crippen molar-refractivity contribution < 1.29 is 0 Å². The number of para-hydroxylation sites is 1. The molecule has 4 aromatic rings. The molecule has 5 nitrogen and oxygen atoms in total. The highest BCUT2D eigenvalue weighted by Crippen LogP contribution is 2.33. The number of benzene rings is 2. The lowest BCUT2D eigenvalue weighted by Gasteiger charge is -2.27. The van der Waals surface area contributed by atoms with E-state index in [1.54, 1.807) is 11.3 Å². The first-order chi connectivity index (χ1) is 15.2. The Morgan fingerprint density at radius 3 is 2.58 bits per heavy atom. The largest absolute Gasteiger partial charge is 0.294 e. The van der Waals surface area contributed by atoms with Gasteiger partial charge >= 0.3 is 0 Å². The zero-order chi connectivity index (χ0) is 21.2. The summed E-state index contributed by atoms with van der Waals surface area (Å²) in [6, 6.07) is 22.5. The molecule has 2 aromatic heterocycles. The van der Waals surface area contributed by atoms with E-state index in [0.717, 1.165) is 47.0 Å². The fourth-order valence-corrected chi connectivity index (χ4v) is 6.03. The van der Waals surface area contributed by atoms with Gasteiger partial charge in [0.1, 0.15) is 10.3 Å². The van der Waals surface area contributed by atoms with Crippen LogP contribution in [0.15, 0.2) is 70.6 Å². The first kappa shape index (κ1) is 20.0. The second-order valence-electron chi connectivity index (χ2n) is 7.45. The number of nitrogens with zero attached hydrogens (tertiary/aromatic N) is 4. The first-order valence-corrected chi connectivity index (χ1v) is 11.9. The number of hydrogen-bond donors (Lipinski definition) is 0. The summed E-state index contributed by atoms with van der Waals surface area (Å²) >= 11 is 3.03. The third kappa shape index (κ3) is 3.90. The van der Waals surface area contributed by atoms with Crippen LogP contribution in [0.2, 0.25) is 0 Å². The molecule has 0 amide bonds. The number of hydrogen-bond acceptors (Lipinski definition) is 6. The molecule has 154 valence electrons. The quantitative estimate of drug-likeness (QED) is 0.420. The number of aromatic nitrogens is 2. The Kier molecular flexibility index (Phi) is 5.60. The fraction of sp³-hybridized carbons (Fsp3) is 0.208. The maximum Gasteiger partial charge on any atom is 0.211 e. The Hall–Kier alpha value is -2.92. The minimum Gasteiger partial charge on any atom is -0.294 e. The van der Waals surface area contributed by atoms with Gasteiger partial charge in [-0.25, -0.2) is 4.98 Å². The lowest BCUT2D eigenvalue weighted by molar-refractivity contribution is 0.248. The van der Waals surface area contributed by atoms with Crippen molar-refractivity contribution in [1.29, 1.82) is 5.26 Å². The van der Waals surface area contributed by atoms with Crippen molar-refractivity contribution in [2.45, 2.75) is 24.7 Å². The predicted molar refractivity (Wildman–Crippen MR) is 126 cm³/mol. The average Bonchev–Trinajstić information content (AvgIpc) is 3.17. The van der Waals surface area contributed by atoms with Crippen LogP contribution in [0.3, 0.4) is 0 Å². The Morgan fingerprint density at radius 1 is 1.10 bits per heavy atom. The SMILES string of the molecule is N#CCSc1nc2c(=O)c3c(sc2n1-c1ccccc1)CN(Cc1ccccc1)CC3. The van der Waals surface area contributed by atoms with Crippen LogP contribution in [-0.4, -0.2) is 26.7 Å². The number of nitriles is 1. The van der Waals surface area contributed by atoms with Crippen molar-refractivity contribution in [3.05, 3.63) is 86.9 Å². The summed E-state index contributed by atoms with van der Waals surface area (Å²) in [7, 11) is 0. The van der Waals surface area contributed by atoms with E-state index in [4.69, 9.17) is 5.26 Å². The fourth-order valence-electron chi connectivity index (χ4n) is 3.98. The van der Waals surface area contributed by atoms with Gasteiger partial charge in [0.25, 0.3) is 0 Å². The average molecular weight is 445 g/mol. The summed E-state index contributed by atoms with van der Waals surface area (Å²) in [6.07, 6.45) is 0.742. The van der Waals surface area contributed by atoms with Crippen molar-refractivity contribution in [2.75, 3.05) is 12.3 Å². The van der Waals surface area contributed by atoms with E-state index in [2.05, 4.69) is 40.2 Å². The monoisotopic (exact) mass is 444 g/mol. The summed E-state index contributed by atoms with van der Waals surface area (Å²) in [4.78, 5) is 22.4. The van der Waals surface area contributed by atoms with Gasteiger partial charge in [-0.05, 0) is 24.1 Å². The first-order valence-electron chi connectivity index (χ1n) is 10.1. The zero-order valence-corrected chi connectivity index (χ0v) is 18.5. The van der Waals surface area contributed by atoms with Gasteiger partial charge in [0.05, 0.1) is 11.8 Å². The third-order valence-electron chi connectivity index (χ3n) is 5.42. The molecule has 0 bridgehead atoms. The molecule has 31 heavy (non-hydrogen) atoms. The molecule has 1 aliphatic rings. The van der Waals surface area contributed by atoms with Crippen LogP contribution in [-0.2, 0) is 19.5 Å². The molecule has 7 heteroatoms. The van der Waals surface area contributed by atoms with E-state index in [0.29, 0.717) is 16.4 Å². The van der Waals surface area contributed by atoms with Gasteiger partial charge in [0.2, 0.25) is 5.43 Å². The van der Waals surface area contributed by atoms with Gasteiger partial charge in [-0.15, -0.1) is 11.3 Å². The number of imidazole rings is 1. The number of thioether (sulfide) groups is 1. The molecule has 3 heterocycles. The van der Waals surface area contributed by atoms with Crippen molar-refractivity contribution in [2.24, 2.45) is 0 Å². The van der Waals surface area contributed by atoms with Gasteiger partial charge < -0.3 is 0 Å². The van der Waals surface area contributed by atoms with E-state index >= 15 is 0 Å². The summed E-state index contributed by atoms with van der Waals surface area (Å²) in [5.41, 5.74) is 3.69. The molecule has 1 aliphatic heterocycles. The van der Waals surface area contributed by atoms with Crippen molar-refractivity contribution in [3.8, 4) is 11.8 Å². The van der Waals surface area contributed by atoms with Gasteiger partial charge in [-0.2, -0.15) is 5.26 Å². The standard InChI is InChI=1S/C24H20N4OS2/c25-12-14-30-24-26-21-22(29)19-11-13-27(15-17-7-3-1-4-8-17)16-20(19)31-23(21)28(24)18-9-5-2-6-10-18/h1-10H,11,13-16H2. The van der Waals surface area contributed by atoms with Gasteiger partial charge in [-0.1, -0.05) is 60.3 Å². The minimum absolute atomic E-state index is 0.0385. The van der Waals surface area contributed by atoms with Crippen LogP contribution >= 0.6 is 23.1 Å². The van der Waals surface area contributed by atoms with Gasteiger partial charge in [0.15, 0.2) is 5.16 Å². The van der Waals surface area contributed by atoms with E-state index in [-0.39, 0.29) is 5.43 Å². The predicted octanol–water partition coefficient (Wildman–Crippen LogP) is 4.62. The zero-order valence-electron chi connectivity index (χ0n) is 16.8. The Balaban J connectivity index is 1.59. The van der Waals surface area contributed by atoms with Crippen LogP contribution in [0.4, 0.5) is 0 Å². The third-order valence-corrected chi connectivity index (χ3v) is 7.42. The van der Waals surface area contributed by atoms with Gasteiger partial charge in [-0.3, -0.25) is 14.3 Å². The van der Waals surface area contributed by atoms with Crippen LogP contribution in [0.1, 0.15) is 16.0 Å².